The molecule has 0 aliphatic heterocycles. The zero-order valence-electron chi connectivity index (χ0n) is 11.5. The predicted octanol–water partition coefficient (Wildman–Crippen LogP) is 1.77. The fourth-order valence-electron chi connectivity index (χ4n) is 1.80. The van der Waals surface area contributed by atoms with E-state index in [1.807, 2.05) is 30.3 Å². The molecule has 0 spiro atoms. The predicted molar refractivity (Wildman–Crippen MR) is 83.4 cm³/mol. The number of nitrogens with one attached hydrogen (secondary N) is 1. The lowest BCUT2D eigenvalue weighted by Crippen LogP contribution is -2.29. The number of benzene rings is 2. The first-order valence-electron chi connectivity index (χ1n) is 6.55. The van der Waals surface area contributed by atoms with Crippen LogP contribution in [0.25, 0.3) is 0 Å². The highest BCUT2D eigenvalue weighted by atomic mass is 32.2. The van der Waals surface area contributed by atoms with Crippen molar-refractivity contribution in [3.05, 3.63) is 60.2 Å². The molecule has 0 fully saturated rings. The van der Waals surface area contributed by atoms with E-state index < -0.39 is 10.0 Å². The normalized spacial score (nSPS) is 11.2. The van der Waals surface area contributed by atoms with E-state index in [9.17, 15) is 8.42 Å². The van der Waals surface area contributed by atoms with Crippen molar-refractivity contribution >= 4 is 15.7 Å². The van der Waals surface area contributed by atoms with Gasteiger partial charge in [0.2, 0.25) is 10.0 Å². The number of para-hydroxylation sites is 2. The number of ether oxygens (including phenoxy) is 1. The molecule has 0 radical (unpaired) electrons. The van der Waals surface area contributed by atoms with Gasteiger partial charge in [0.25, 0.3) is 0 Å². The third-order valence-corrected chi connectivity index (χ3v) is 4.17. The van der Waals surface area contributed by atoms with Gasteiger partial charge in [0.05, 0.1) is 5.75 Å². The largest absolute Gasteiger partial charge is 0.492 e. The molecule has 0 aromatic heterocycles. The Morgan fingerprint density at radius 1 is 1.00 bits per heavy atom. The molecule has 6 heteroatoms. The van der Waals surface area contributed by atoms with Gasteiger partial charge >= 0.3 is 0 Å². The number of hydrogen-bond donors (Lipinski definition) is 2. The molecule has 5 nitrogen and oxygen atoms in total. The SMILES string of the molecule is Nc1ccccc1CS(=O)(=O)NCCOc1ccccc1. The Balaban J connectivity index is 1.81. The summed E-state index contributed by atoms with van der Waals surface area (Å²) in [5.41, 5.74) is 6.81. The minimum absolute atomic E-state index is 0.134. The molecule has 0 bridgehead atoms. The average molecular weight is 306 g/mol. The standard InChI is InChI=1S/C15H18N2O3S/c16-15-9-5-4-6-13(15)12-21(18,19)17-10-11-20-14-7-2-1-3-8-14/h1-9,17H,10-12,16H2. The highest BCUT2D eigenvalue weighted by molar-refractivity contribution is 7.88. The fraction of sp³-hybridized carbons (Fsp3) is 0.200. The van der Waals surface area contributed by atoms with Crippen molar-refractivity contribution in [2.45, 2.75) is 5.75 Å². The molecule has 3 N–H and O–H groups in total. The summed E-state index contributed by atoms with van der Waals surface area (Å²) in [5, 5.41) is 0. The van der Waals surface area contributed by atoms with Crippen LogP contribution < -0.4 is 15.2 Å². The summed E-state index contributed by atoms with van der Waals surface area (Å²) in [6, 6.07) is 16.2. The van der Waals surface area contributed by atoms with E-state index in [4.69, 9.17) is 10.5 Å². The van der Waals surface area contributed by atoms with E-state index in [-0.39, 0.29) is 18.9 Å². The van der Waals surface area contributed by atoms with Crippen molar-refractivity contribution in [1.82, 2.24) is 4.72 Å². The molecule has 0 saturated carbocycles. The van der Waals surface area contributed by atoms with Crippen LogP contribution in [0, 0.1) is 0 Å². The van der Waals surface area contributed by atoms with Gasteiger partial charge in [-0.2, -0.15) is 0 Å². The number of hydrogen-bond acceptors (Lipinski definition) is 4. The Morgan fingerprint density at radius 3 is 2.38 bits per heavy atom. The first-order valence-corrected chi connectivity index (χ1v) is 8.21. The molecule has 112 valence electrons. The van der Waals surface area contributed by atoms with Crippen LogP contribution in [-0.2, 0) is 15.8 Å². The Bertz CT molecular complexity index is 672. The molecule has 21 heavy (non-hydrogen) atoms. The number of nitrogen functional groups attached to an aromatic ring is 1. The summed E-state index contributed by atoms with van der Waals surface area (Å²) in [6.07, 6.45) is 0. The van der Waals surface area contributed by atoms with Gasteiger partial charge < -0.3 is 10.5 Å². The highest BCUT2D eigenvalue weighted by Crippen LogP contribution is 2.13. The molecular weight excluding hydrogens is 288 g/mol. The van der Waals surface area contributed by atoms with Crippen LogP contribution in [0.5, 0.6) is 5.75 Å². The van der Waals surface area contributed by atoms with E-state index in [0.717, 1.165) is 0 Å². The average Bonchev–Trinajstić information content (AvgIpc) is 2.47. The zero-order valence-corrected chi connectivity index (χ0v) is 12.3. The first-order chi connectivity index (χ1) is 10.1. The van der Waals surface area contributed by atoms with Crippen LogP contribution in [0.3, 0.4) is 0 Å². The van der Waals surface area contributed by atoms with Gasteiger partial charge in [0, 0.05) is 12.2 Å². The second-order valence-corrected chi connectivity index (χ2v) is 6.32. The van der Waals surface area contributed by atoms with Crippen molar-refractivity contribution < 1.29 is 13.2 Å². The van der Waals surface area contributed by atoms with Gasteiger partial charge in [-0.3, -0.25) is 0 Å². The summed E-state index contributed by atoms with van der Waals surface area (Å²) in [7, 11) is -3.42. The van der Waals surface area contributed by atoms with Crippen LogP contribution in [0.4, 0.5) is 5.69 Å². The summed E-state index contributed by atoms with van der Waals surface area (Å²) < 4.78 is 31.8. The van der Waals surface area contributed by atoms with Gasteiger partial charge in [-0.25, -0.2) is 13.1 Å². The lowest BCUT2D eigenvalue weighted by molar-refractivity contribution is 0.323. The monoisotopic (exact) mass is 306 g/mol. The maximum absolute atomic E-state index is 11.9. The lowest BCUT2D eigenvalue weighted by Gasteiger charge is -2.09. The van der Waals surface area contributed by atoms with Gasteiger partial charge in [-0.15, -0.1) is 0 Å². The Kier molecular flexibility index (Phi) is 5.19. The van der Waals surface area contributed by atoms with Crippen LogP contribution in [0.1, 0.15) is 5.56 Å². The highest BCUT2D eigenvalue weighted by Gasteiger charge is 2.12. The van der Waals surface area contributed by atoms with Crippen molar-refractivity contribution in [3.63, 3.8) is 0 Å². The van der Waals surface area contributed by atoms with Gasteiger partial charge in [0.15, 0.2) is 0 Å². The Morgan fingerprint density at radius 2 is 1.67 bits per heavy atom. The maximum atomic E-state index is 11.9. The molecule has 0 heterocycles. The van der Waals surface area contributed by atoms with E-state index in [0.29, 0.717) is 17.0 Å². The maximum Gasteiger partial charge on any atom is 0.215 e. The molecule has 0 aliphatic rings. The van der Waals surface area contributed by atoms with E-state index in [1.54, 1.807) is 24.3 Å². The quantitative estimate of drug-likeness (QED) is 0.603. The van der Waals surface area contributed by atoms with Crippen LogP contribution in [0.15, 0.2) is 54.6 Å². The minimum Gasteiger partial charge on any atom is -0.492 e. The van der Waals surface area contributed by atoms with Crippen LogP contribution in [0.2, 0.25) is 0 Å². The van der Waals surface area contributed by atoms with E-state index in [1.165, 1.54) is 0 Å². The first kappa shape index (κ1) is 15.3. The molecular formula is C15H18N2O3S. The molecule has 0 unspecified atom stereocenters. The molecule has 2 rings (SSSR count). The number of nitrogens with two attached hydrogens (primary N) is 1. The summed E-state index contributed by atoms with van der Waals surface area (Å²) in [6.45, 7) is 0.484. The second kappa shape index (κ2) is 7.10. The number of anilines is 1. The van der Waals surface area contributed by atoms with Crippen LogP contribution >= 0.6 is 0 Å². The molecule has 0 atom stereocenters. The fourth-order valence-corrected chi connectivity index (χ4v) is 2.97. The van der Waals surface area contributed by atoms with Crippen LogP contribution in [-0.4, -0.2) is 21.6 Å². The second-order valence-electron chi connectivity index (χ2n) is 4.51. The smallest absolute Gasteiger partial charge is 0.215 e. The Hall–Kier alpha value is -2.05. The molecule has 0 amide bonds. The molecule has 0 saturated heterocycles. The van der Waals surface area contributed by atoms with Crippen molar-refractivity contribution in [2.75, 3.05) is 18.9 Å². The molecule has 2 aromatic carbocycles. The van der Waals surface area contributed by atoms with Crippen molar-refractivity contribution in [2.24, 2.45) is 0 Å². The summed E-state index contributed by atoms with van der Waals surface area (Å²) in [5.74, 6) is 0.578. The topological polar surface area (TPSA) is 81.4 Å². The number of sulfonamides is 1. The van der Waals surface area contributed by atoms with Gasteiger partial charge in [-0.05, 0) is 23.8 Å². The minimum atomic E-state index is -3.42. The zero-order chi connectivity index (χ0) is 15.1. The van der Waals surface area contributed by atoms with E-state index in [2.05, 4.69) is 4.72 Å². The van der Waals surface area contributed by atoms with Crippen molar-refractivity contribution in [1.29, 1.82) is 0 Å². The van der Waals surface area contributed by atoms with E-state index >= 15 is 0 Å². The third kappa shape index (κ3) is 5.09. The summed E-state index contributed by atoms with van der Waals surface area (Å²) in [4.78, 5) is 0. The van der Waals surface area contributed by atoms with Gasteiger partial charge in [-0.1, -0.05) is 36.4 Å². The summed E-state index contributed by atoms with van der Waals surface area (Å²) >= 11 is 0. The van der Waals surface area contributed by atoms with Crippen molar-refractivity contribution in [3.8, 4) is 5.75 Å². The third-order valence-electron chi connectivity index (χ3n) is 2.84. The van der Waals surface area contributed by atoms with Gasteiger partial charge in [0.1, 0.15) is 12.4 Å². The molecule has 2 aromatic rings. The number of rotatable bonds is 7. The Labute approximate surface area is 124 Å². The molecule has 0 aliphatic carbocycles. The lowest BCUT2D eigenvalue weighted by atomic mass is 10.2.